The van der Waals surface area contributed by atoms with Gasteiger partial charge in [-0.05, 0) is 153 Å². The van der Waals surface area contributed by atoms with Crippen LogP contribution >= 0.6 is 11.6 Å². The minimum absolute atomic E-state index is 0.372. The van der Waals surface area contributed by atoms with Gasteiger partial charge in [-0.1, -0.05) is 248 Å². The van der Waals surface area contributed by atoms with Crippen molar-refractivity contribution >= 4 is 78.6 Å². The molecule has 6 N–H and O–H groups in total. The first kappa shape index (κ1) is 58.9. The van der Waals surface area contributed by atoms with E-state index in [1.807, 2.05) is 140 Å². The molecule has 0 saturated carbocycles. The number of benzene rings is 14. The summed E-state index contributed by atoms with van der Waals surface area (Å²) in [6.45, 7) is 0.746. The summed E-state index contributed by atoms with van der Waals surface area (Å²) in [6.07, 6.45) is 0. The van der Waals surface area contributed by atoms with Crippen molar-refractivity contribution in [2.24, 2.45) is 0 Å². The molecule has 0 radical (unpaired) electrons. The van der Waals surface area contributed by atoms with Gasteiger partial charge >= 0.3 is 7.12 Å². The van der Waals surface area contributed by atoms with Crippen LogP contribution in [0.1, 0.15) is 22.3 Å². The zero-order valence-corrected chi connectivity index (χ0v) is 49.6. The van der Waals surface area contributed by atoms with Gasteiger partial charge in [0.05, 0.1) is 34.6 Å². The summed E-state index contributed by atoms with van der Waals surface area (Å²) in [6, 6.07) is 101. The van der Waals surface area contributed by atoms with Crippen LogP contribution in [-0.4, -0.2) is 17.2 Å². The average Bonchev–Trinajstić information content (AvgIpc) is 3.63. The van der Waals surface area contributed by atoms with Crippen LogP contribution in [0.4, 0.5) is 11.4 Å². The maximum Gasteiger partial charge on any atom is 0.489 e. The molecule has 14 rings (SSSR count). The van der Waals surface area contributed by atoms with Gasteiger partial charge < -0.3 is 31.0 Å². The van der Waals surface area contributed by atoms with E-state index in [1.54, 1.807) is 30.3 Å². The molecule has 0 fully saturated rings. The minimum Gasteiger partial charge on any atom is -0.487 e. The van der Waals surface area contributed by atoms with Gasteiger partial charge in [-0.3, -0.25) is 0 Å². The number of anilines is 2. The van der Waals surface area contributed by atoms with Crippen LogP contribution in [0.25, 0.3) is 98.7 Å². The van der Waals surface area contributed by atoms with Gasteiger partial charge in [-0.15, -0.1) is 0 Å². The van der Waals surface area contributed by atoms with Gasteiger partial charge in [0.1, 0.15) is 24.7 Å². The second kappa shape index (κ2) is 27.1. The Bertz CT molecular complexity index is 4990. The largest absolute Gasteiger partial charge is 0.489 e. The molecule has 432 valence electrons. The summed E-state index contributed by atoms with van der Waals surface area (Å²) in [4.78, 5) is 0. The Kier molecular flexibility index (Phi) is 17.7. The van der Waals surface area contributed by atoms with E-state index in [0.29, 0.717) is 57.7 Å². The number of nitrogens with two attached hydrogens (primary N) is 2. The molecule has 0 aliphatic heterocycles. The SMILES string of the molecule is N#Cc1cccc(-c2cc(-c3cc4ccccc4c4ccccc34)cc(OCc3ccc(-c4ccccc4)cc3)c2N)c1.N#Cc1cccc(-c2cc(Cl)cc(OCc3ccc(-c4ccccc4)cc3)c2N)c1.OB(O)c1cc2ccccc2c2ccccc12. The summed E-state index contributed by atoms with van der Waals surface area (Å²) in [5.74, 6) is 1.13. The normalized spacial score (nSPS) is 10.8. The monoisotopic (exact) mass is 1180 g/mol. The van der Waals surface area contributed by atoms with Crippen molar-refractivity contribution in [3.05, 3.63) is 318 Å². The predicted octanol–water partition coefficient (Wildman–Crippen LogP) is 18.4. The summed E-state index contributed by atoms with van der Waals surface area (Å²) >= 11 is 6.32. The molecule has 14 aromatic carbocycles. The van der Waals surface area contributed by atoms with Crippen molar-refractivity contribution < 1.29 is 19.5 Å². The first-order valence-corrected chi connectivity index (χ1v) is 29.7. The van der Waals surface area contributed by atoms with Crippen molar-refractivity contribution in [2.45, 2.75) is 13.2 Å². The van der Waals surface area contributed by atoms with E-state index >= 15 is 0 Å². The third-order valence-corrected chi connectivity index (χ3v) is 16.1. The molecule has 0 amide bonds. The maximum absolute atomic E-state index is 9.58. The van der Waals surface area contributed by atoms with Crippen molar-refractivity contribution in [2.75, 3.05) is 11.5 Å². The number of nitrogen functional groups attached to an aromatic ring is 2. The Morgan fingerprint density at radius 3 is 1.24 bits per heavy atom. The molecule has 8 nitrogen and oxygen atoms in total. The van der Waals surface area contributed by atoms with Gasteiger partial charge in [0.25, 0.3) is 0 Å². The molecule has 0 saturated heterocycles. The first-order valence-electron chi connectivity index (χ1n) is 29.3. The van der Waals surface area contributed by atoms with Gasteiger partial charge in [0.15, 0.2) is 0 Å². The number of halogens is 1. The number of hydrogen-bond acceptors (Lipinski definition) is 8. The van der Waals surface area contributed by atoms with Crippen LogP contribution in [0.3, 0.4) is 0 Å². The molecular weight excluding hydrogens is 1130 g/mol. The van der Waals surface area contributed by atoms with E-state index in [2.05, 4.69) is 133 Å². The van der Waals surface area contributed by atoms with Crippen LogP contribution in [-0.2, 0) is 13.2 Å². The minimum atomic E-state index is -1.44. The topological polar surface area (TPSA) is 159 Å². The lowest BCUT2D eigenvalue weighted by atomic mass is 9.76. The highest BCUT2D eigenvalue weighted by Gasteiger charge is 2.19. The fourth-order valence-electron chi connectivity index (χ4n) is 11.4. The first-order chi connectivity index (χ1) is 44.1. The highest BCUT2D eigenvalue weighted by Crippen LogP contribution is 2.43. The molecule has 0 bridgehead atoms. The number of nitrogens with zero attached hydrogens (tertiary/aromatic N) is 2. The number of ether oxygens (including phenoxy) is 2. The van der Waals surface area contributed by atoms with Crippen LogP contribution in [0, 0.1) is 22.7 Å². The lowest BCUT2D eigenvalue weighted by Gasteiger charge is -2.18. The van der Waals surface area contributed by atoms with Crippen molar-refractivity contribution in [1.82, 2.24) is 0 Å². The zero-order valence-electron chi connectivity index (χ0n) is 48.8. The molecule has 10 heteroatoms. The fraction of sp³-hybridized carbons (Fsp3) is 0.0250. The second-order valence-corrected chi connectivity index (χ2v) is 22.1. The fourth-order valence-corrected chi connectivity index (χ4v) is 11.6. The average molecular weight is 1190 g/mol. The van der Waals surface area contributed by atoms with Crippen LogP contribution in [0.2, 0.25) is 5.02 Å². The lowest BCUT2D eigenvalue weighted by Crippen LogP contribution is -2.30. The quantitative estimate of drug-likeness (QED) is 0.0535. The predicted molar refractivity (Wildman–Crippen MR) is 371 cm³/mol. The zero-order chi connectivity index (χ0) is 61.9. The van der Waals surface area contributed by atoms with Crippen molar-refractivity contribution in [3.8, 4) is 79.3 Å². The van der Waals surface area contributed by atoms with Crippen LogP contribution in [0.15, 0.2) is 291 Å². The van der Waals surface area contributed by atoms with E-state index in [-0.39, 0.29) is 0 Å². The maximum atomic E-state index is 9.58. The molecule has 0 unspecified atom stereocenters. The summed E-state index contributed by atoms with van der Waals surface area (Å²) in [5.41, 5.74) is 28.1. The highest BCUT2D eigenvalue weighted by atomic mass is 35.5. The number of nitriles is 2. The van der Waals surface area contributed by atoms with Gasteiger partial charge in [0.2, 0.25) is 0 Å². The van der Waals surface area contributed by atoms with Gasteiger partial charge in [-0.2, -0.15) is 10.5 Å². The van der Waals surface area contributed by atoms with E-state index in [9.17, 15) is 15.3 Å². The molecule has 14 aromatic rings. The Morgan fingerprint density at radius 1 is 0.344 bits per heavy atom. The van der Waals surface area contributed by atoms with E-state index < -0.39 is 7.12 Å². The Balaban J connectivity index is 0.000000144. The third-order valence-electron chi connectivity index (χ3n) is 15.9. The molecule has 0 aromatic heterocycles. The Morgan fingerprint density at radius 2 is 0.744 bits per heavy atom. The summed E-state index contributed by atoms with van der Waals surface area (Å²) in [5, 5.41) is 47.0. The molecule has 0 spiro atoms. The van der Waals surface area contributed by atoms with Crippen LogP contribution < -0.4 is 26.4 Å². The van der Waals surface area contributed by atoms with E-state index in [0.717, 1.165) is 82.6 Å². The van der Waals surface area contributed by atoms with Crippen LogP contribution in [0.5, 0.6) is 11.5 Å². The Hall–Kier alpha value is -11.4. The lowest BCUT2D eigenvalue weighted by molar-refractivity contribution is 0.308. The van der Waals surface area contributed by atoms with Gasteiger partial charge in [-0.25, -0.2) is 0 Å². The number of rotatable bonds is 12. The molecule has 0 aliphatic carbocycles. The molecule has 90 heavy (non-hydrogen) atoms. The number of hydrogen-bond donors (Lipinski definition) is 4. The van der Waals surface area contributed by atoms with Gasteiger partial charge in [0, 0.05) is 22.2 Å². The smallest absolute Gasteiger partial charge is 0.487 e. The highest BCUT2D eigenvalue weighted by molar-refractivity contribution is 6.62. The second-order valence-electron chi connectivity index (χ2n) is 21.7. The summed E-state index contributed by atoms with van der Waals surface area (Å²) in [7, 11) is -1.44. The number of fused-ring (bicyclic) bond motifs is 6. The van der Waals surface area contributed by atoms with Crippen molar-refractivity contribution in [3.63, 3.8) is 0 Å². The molecular formula is C80H58BClN4O4. The Labute approximate surface area is 528 Å². The molecule has 0 heterocycles. The summed E-state index contributed by atoms with van der Waals surface area (Å²) < 4.78 is 12.5. The van der Waals surface area contributed by atoms with E-state index in [1.165, 1.54) is 27.3 Å². The molecule has 0 atom stereocenters. The standard InChI is InChI=1S/C40H28N2O.C26H19ClN2O.C14H11BO2/c41-25-28-9-8-13-31(21-28)38-23-33(37-22-32-12-4-5-14-34(32)35-15-6-7-16-36(35)37)24-39(40(38)42)43-26-27-17-19-30(20-18-27)29-10-2-1-3-11-29;27-23-14-24(22-8-4-5-19(13-22)16-28)26(29)25(15-23)30-17-18-9-11-21(12-10-18)20-6-2-1-3-7-20;16-15(17)14-9-10-5-1-2-6-11(10)12-7-3-4-8-13(12)14/h1-24H,26,42H2;1-15H,17,29H2;1-9,16-17H. The van der Waals surface area contributed by atoms with Crippen molar-refractivity contribution in [1.29, 1.82) is 10.5 Å². The van der Waals surface area contributed by atoms with E-state index in [4.69, 9.17) is 37.8 Å². The third kappa shape index (κ3) is 13.1. The molecule has 0 aliphatic rings.